The molecule has 2 aromatic rings. The van der Waals surface area contributed by atoms with Crippen LogP contribution in [0.15, 0.2) is 18.6 Å². The third-order valence-electron chi connectivity index (χ3n) is 4.03. The second-order valence-electron chi connectivity index (χ2n) is 5.38. The van der Waals surface area contributed by atoms with Gasteiger partial charge in [-0.3, -0.25) is 0 Å². The molecule has 0 spiro atoms. The highest BCUT2D eigenvalue weighted by Crippen LogP contribution is 2.25. The largest absolute Gasteiger partial charge is 0.393 e. The Labute approximate surface area is 118 Å². The Morgan fingerprint density at radius 2 is 2.25 bits per heavy atom. The van der Waals surface area contributed by atoms with Crippen molar-refractivity contribution >= 4 is 17.3 Å². The van der Waals surface area contributed by atoms with Gasteiger partial charge in [0.25, 0.3) is 0 Å². The number of hydrogen-bond donors (Lipinski definition) is 3. The van der Waals surface area contributed by atoms with E-state index >= 15 is 0 Å². The van der Waals surface area contributed by atoms with Crippen molar-refractivity contribution < 1.29 is 5.11 Å². The summed E-state index contributed by atoms with van der Waals surface area (Å²) in [5.74, 6) is 1.86. The fraction of sp³-hybridized carbons (Fsp3) is 0.571. The van der Waals surface area contributed by atoms with Gasteiger partial charge in [0, 0.05) is 31.9 Å². The van der Waals surface area contributed by atoms with Gasteiger partial charge in [-0.2, -0.15) is 0 Å². The highest BCUT2D eigenvalue weighted by atomic mass is 16.3. The highest BCUT2D eigenvalue weighted by Gasteiger charge is 2.23. The molecule has 0 aromatic carbocycles. The minimum absolute atomic E-state index is 0.195. The van der Waals surface area contributed by atoms with Crippen LogP contribution in [0, 0.1) is 5.92 Å². The van der Waals surface area contributed by atoms with E-state index in [4.69, 9.17) is 0 Å². The van der Waals surface area contributed by atoms with E-state index in [1.165, 1.54) is 6.42 Å². The average Bonchev–Trinajstić information content (AvgIpc) is 2.94. The van der Waals surface area contributed by atoms with Crippen molar-refractivity contribution in [2.45, 2.75) is 31.8 Å². The number of anilines is 2. The smallest absolute Gasteiger partial charge is 0.180 e. The van der Waals surface area contributed by atoms with Crippen molar-refractivity contribution in [2.24, 2.45) is 5.92 Å². The zero-order valence-corrected chi connectivity index (χ0v) is 11.7. The second-order valence-corrected chi connectivity index (χ2v) is 5.38. The summed E-state index contributed by atoms with van der Waals surface area (Å²) in [4.78, 5) is 8.84. The molecule has 6 nitrogen and oxygen atoms in total. The molecule has 0 amide bonds. The Kier molecular flexibility index (Phi) is 3.73. The van der Waals surface area contributed by atoms with Gasteiger partial charge in [-0.1, -0.05) is 12.8 Å². The van der Waals surface area contributed by atoms with Gasteiger partial charge < -0.3 is 20.1 Å². The van der Waals surface area contributed by atoms with Crippen LogP contribution in [0.3, 0.4) is 0 Å². The van der Waals surface area contributed by atoms with Crippen molar-refractivity contribution in [3.63, 3.8) is 0 Å². The predicted octanol–water partition coefficient (Wildman–Crippen LogP) is 1.73. The first-order valence-electron chi connectivity index (χ1n) is 7.21. The number of nitrogens with one attached hydrogen (secondary N) is 2. The Morgan fingerprint density at radius 3 is 3.05 bits per heavy atom. The van der Waals surface area contributed by atoms with E-state index in [-0.39, 0.29) is 6.10 Å². The van der Waals surface area contributed by atoms with Crippen molar-refractivity contribution in [3.05, 3.63) is 18.6 Å². The zero-order valence-electron chi connectivity index (χ0n) is 11.7. The maximum absolute atomic E-state index is 10.0. The fourth-order valence-electron chi connectivity index (χ4n) is 2.82. The van der Waals surface area contributed by atoms with Crippen LogP contribution in [0.2, 0.25) is 0 Å². The van der Waals surface area contributed by atoms with E-state index in [0.29, 0.717) is 5.92 Å². The molecule has 1 fully saturated rings. The summed E-state index contributed by atoms with van der Waals surface area (Å²) in [6.07, 6.45) is 9.69. The normalized spacial score (nSPS) is 22.9. The van der Waals surface area contributed by atoms with E-state index in [0.717, 1.165) is 43.1 Å². The quantitative estimate of drug-likeness (QED) is 0.792. The second kappa shape index (κ2) is 5.66. The third-order valence-corrected chi connectivity index (χ3v) is 4.03. The number of aliphatic hydroxyl groups excluding tert-OH is 1. The predicted molar refractivity (Wildman–Crippen MR) is 79.0 cm³/mol. The summed E-state index contributed by atoms with van der Waals surface area (Å²) in [6, 6.07) is 0. The van der Waals surface area contributed by atoms with Crippen LogP contribution in [0.5, 0.6) is 0 Å². The van der Waals surface area contributed by atoms with Crippen LogP contribution in [-0.4, -0.2) is 39.2 Å². The van der Waals surface area contributed by atoms with Crippen molar-refractivity contribution in [2.75, 3.05) is 24.2 Å². The molecule has 2 heterocycles. The standard InChI is InChI=1S/C14H21N5O/c1-15-12-9-19-7-6-16-14(19)13(18-12)17-8-10-4-2-3-5-11(10)20/h6-7,9-11,15,20H,2-5,8H2,1H3,(H,17,18). The van der Waals surface area contributed by atoms with Gasteiger partial charge >= 0.3 is 0 Å². The average molecular weight is 275 g/mol. The Bertz CT molecular complexity index is 582. The molecule has 0 saturated heterocycles. The minimum Gasteiger partial charge on any atom is -0.393 e. The summed E-state index contributed by atoms with van der Waals surface area (Å²) in [7, 11) is 1.85. The van der Waals surface area contributed by atoms with E-state index in [1.807, 2.05) is 23.8 Å². The number of aliphatic hydroxyl groups is 1. The first-order valence-corrected chi connectivity index (χ1v) is 7.21. The van der Waals surface area contributed by atoms with Gasteiger partial charge in [0.15, 0.2) is 11.5 Å². The van der Waals surface area contributed by atoms with Crippen LogP contribution in [-0.2, 0) is 0 Å². The van der Waals surface area contributed by atoms with Crippen LogP contribution < -0.4 is 10.6 Å². The van der Waals surface area contributed by atoms with Gasteiger partial charge in [-0.05, 0) is 12.8 Å². The summed E-state index contributed by atoms with van der Waals surface area (Å²) in [5.41, 5.74) is 0.814. The molecule has 0 radical (unpaired) electrons. The lowest BCUT2D eigenvalue weighted by Crippen LogP contribution is -2.30. The Balaban J connectivity index is 1.77. The topological polar surface area (TPSA) is 74.5 Å². The van der Waals surface area contributed by atoms with Gasteiger partial charge in [0.05, 0.1) is 12.3 Å². The molecule has 1 saturated carbocycles. The Hall–Kier alpha value is -1.82. The summed E-state index contributed by atoms with van der Waals surface area (Å²) >= 11 is 0. The molecule has 20 heavy (non-hydrogen) atoms. The maximum Gasteiger partial charge on any atom is 0.180 e. The summed E-state index contributed by atoms with van der Waals surface area (Å²) in [6.45, 7) is 0.740. The molecular formula is C14H21N5O. The molecule has 3 N–H and O–H groups in total. The third kappa shape index (κ3) is 2.56. The lowest BCUT2D eigenvalue weighted by atomic mass is 9.86. The van der Waals surface area contributed by atoms with Gasteiger partial charge in [-0.15, -0.1) is 0 Å². The Morgan fingerprint density at radius 1 is 1.40 bits per heavy atom. The number of fused-ring (bicyclic) bond motifs is 1. The van der Waals surface area contributed by atoms with E-state index in [1.54, 1.807) is 6.20 Å². The van der Waals surface area contributed by atoms with Crippen LogP contribution in [0.25, 0.3) is 5.65 Å². The first-order chi connectivity index (χ1) is 9.78. The maximum atomic E-state index is 10.0. The molecule has 0 aliphatic heterocycles. The lowest BCUT2D eigenvalue weighted by Gasteiger charge is -2.27. The van der Waals surface area contributed by atoms with Crippen LogP contribution in [0.1, 0.15) is 25.7 Å². The van der Waals surface area contributed by atoms with Gasteiger partial charge in [0.1, 0.15) is 5.82 Å². The number of hydrogen-bond acceptors (Lipinski definition) is 5. The zero-order chi connectivity index (χ0) is 13.9. The first kappa shape index (κ1) is 13.2. The van der Waals surface area contributed by atoms with E-state index in [2.05, 4.69) is 20.6 Å². The molecule has 2 atom stereocenters. The molecule has 1 aliphatic rings. The lowest BCUT2D eigenvalue weighted by molar-refractivity contribution is 0.0763. The minimum atomic E-state index is -0.195. The van der Waals surface area contributed by atoms with Crippen molar-refractivity contribution in [1.29, 1.82) is 0 Å². The molecule has 2 aromatic heterocycles. The number of nitrogens with zero attached hydrogens (tertiary/aromatic N) is 3. The van der Waals surface area contributed by atoms with Gasteiger partial charge in [-0.25, -0.2) is 9.97 Å². The molecule has 6 heteroatoms. The van der Waals surface area contributed by atoms with Crippen molar-refractivity contribution in [3.8, 4) is 0 Å². The molecule has 3 rings (SSSR count). The highest BCUT2D eigenvalue weighted by molar-refractivity contribution is 5.65. The molecule has 1 aliphatic carbocycles. The van der Waals surface area contributed by atoms with E-state index < -0.39 is 0 Å². The van der Waals surface area contributed by atoms with Crippen LogP contribution in [0.4, 0.5) is 11.6 Å². The molecular weight excluding hydrogens is 254 g/mol. The SMILES string of the molecule is CNc1cn2ccnc2c(NCC2CCCCC2O)n1. The number of aromatic nitrogens is 3. The number of rotatable bonds is 4. The molecule has 108 valence electrons. The van der Waals surface area contributed by atoms with Gasteiger partial charge in [0.2, 0.25) is 0 Å². The summed E-state index contributed by atoms with van der Waals surface area (Å²) in [5, 5.41) is 16.4. The molecule has 0 bridgehead atoms. The molecule has 2 unspecified atom stereocenters. The number of imidazole rings is 1. The van der Waals surface area contributed by atoms with Crippen molar-refractivity contribution in [1.82, 2.24) is 14.4 Å². The monoisotopic (exact) mass is 275 g/mol. The van der Waals surface area contributed by atoms with Crippen LogP contribution >= 0.6 is 0 Å². The fourth-order valence-corrected chi connectivity index (χ4v) is 2.82. The van der Waals surface area contributed by atoms with E-state index in [9.17, 15) is 5.11 Å². The summed E-state index contributed by atoms with van der Waals surface area (Å²) < 4.78 is 1.94.